The van der Waals surface area contributed by atoms with Gasteiger partial charge in [-0.2, -0.15) is 0 Å². The molecule has 8 nitrogen and oxygen atoms in total. The van der Waals surface area contributed by atoms with E-state index in [0.717, 1.165) is 80.4 Å². The minimum atomic E-state index is -0.261. The number of carbonyl (C=O) groups is 1. The first kappa shape index (κ1) is 24.0. The molecule has 2 aromatic heterocycles. The number of halogens is 1. The average molecular weight is 498 g/mol. The number of nitrogens with two attached hydrogens (primary N) is 1. The van der Waals surface area contributed by atoms with Crippen molar-refractivity contribution < 1.29 is 9.18 Å². The van der Waals surface area contributed by atoms with E-state index in [1.165, 1.54) is 12.1 Å². The van der Waals surface area contributed by atoms with Crippen molar-refractivity contribution in [3.63, 3.8) is 0 Å². The first-order valence-electron chi connectivity index (χ1n) is 12.4. The van der Waals surface area contributed by atoms with Gasteiger partial charge in [-0.3, -0.25) is 9.69 Å². The van der Waals surface area contributed by atoms with E-state index in [0.29, 0.717) is 11.4 Å². The molecule has 186 valence electrons. The summed E-state index contributed by atoms with van der Waals surface area (Å²) in [6, 6.07) is 5.12. The number of amides is 1. The molecule has 2 aliphatic rings. The number of piperidine rings is 2. The standard InChI is InChI=1S/C25H32FN7OS/c1-2-35-25-30-21-13-19(26)3-4-22(21)33(25)20-7-11-32(12-8-20)23(34)18-5-9-31(10-6-18)16-17-14-28-24(27)29-15-17/h3-4,13-15,18,20H,2,5-12,16H2,1H3,(H2,27,28,29). The molecule has 0 saturated carbocycles. The quantitative estimate of drug-likeness (QED) is 0.519. The molecule has 5 rings (SSSR count). The van der Waals surface area contributed by atoms with E-state index in [-0.39, 0.29) is 23.7 Å². The Bertz CT molecular complexity index is 1170. The Morgan fingerprint density at radius 1 is 1.11 bits per heavy atom. The lowest BCUT2D eigenvalue weighted by molar-refractivity contribution is -0.138. The number of aromatic nitrogens is 4. The zero-order chi connectivity index (χ0) is 24.4. The lowest BCUT2D eigenvalue weighted by Gasteiger charge is -2.38. The molecule has 0 radical (unpaired) electrons. The number of fused-ring (bicyclic) bond motifs is 1. The van der Waals surface area contributed by atoms with E-state index in [1.807, 2.05) is 6.07 Å². The third-order valence-electron chi connectivity index (χ3n) is 7.10. The summed E-state index contributed by atoms with van der Waals surface area (Å²) in [5.41, 5.74) is 8.30. The molecule has 0 aliphatic carbocycles. The molecule has 3 aromatic rings. The van der Waals surface area contributed by atoms with E-state index in [1.54, 1.807) is 24.2 Å². The van der Waals surface area contributed by atoms with E-state index in [4.69, 9.17) is 10.7 Å². The first-order valence-corrected chi connectivity index (χ1v) is 13.4. The molecule has 0 unspecified atom stereocenters. The van der Waals surface area contributed by atoms with Crippen LogP contribution in [-0.4, -0.2) is 67.2 Å². The van der Waals surface area contributed by atoms with Crippen LogP contribution in [0.1, 0.15) is 44.2 Å². The first-order chi connectivity index (χ1) is 17.0. The molecule has 2 N–H and O–H groups in total. The molecule has 0 bridgehead atoms. The van der Waals surface area contributed by atoms with Gasteiger partial charge in [0.15, 0.2) is 5.16 Å². The van der Waals surface area contributed by atoms with E-state index in [9.17, 15) is 9.18 Å². The van der Waals surface area contributed by atoms with Crippen molar-refractivity contribution in [2.45, 2.75) is 50.4 Å². The number of rotatable bonds is 6. The van der Waals surface area contributed by atoms with Crippen LogP contribution in [0, 0.1) is 11.7 Å². The Morgan fingerprint density at radius 2 is 1.83 bits per heavy atom. The second-order valence-electron chi connectivity index (χ2n) is 9.39. The highest BCUT2D eigenvalue weighted by Gasteiger charge is 2.32. The Balaban J connectivity index is 1.17. The molecule has 4 heterocycles. The summed E-state index contributed by atoms with van der Waals surface area (Å²) in [7, 11) is 0. The summed E-state index contributed by atoms with van der Waals surface area (Å²) in [5.74, 6) is 1.32. The van der Waals surface area contributed by atoms with Crippen LogP contribution in [0.25, 0.3) is 11.0 Å². The number of anilines is 1. The molecular formula is C25H32FN7OS. The number of hydrogen-bond donors (Lipinski definition) is 1. The van der Waals surface area contributed by atoms with Gasteiger partial charge >= 0.3 is 0 Å². The smallest absolute Gasteiger partial charge is 0.225 e. The van der Waals surface area contributed by atoms with Crippen LogP contribution in [0.5, 0.6) is 0 Å². The summed E-state index contributed by atoms with van der Waals surface area (Å²) < 4.78 is 16.0. The Kier molecular flexibility index (Phi) is 7.19. The van der Waals surface area contributed by atoms with Gasteiger partial charge in [-0.15, -0.1) is 0 Å². The van der Waals surface area contributed by atoms with Crippen LogP contribution >= 0.6 is 11.8 Å². The number of carbonyl (C=O) groups excluding carboxylic acids is 1. The number of nitrogens with zero attached hydrogens (tertiary/aromatic N) is 6. The maximum absolute atomic E-state index is 13.8. The predicted molar refractivity (Wildman–Crippen MR) is 135 cm³/mol. The zero-order valence-electron chi connectivity index (χ0n) is 20.1. The Hall–Kier alpha value is -2.72. The summed E-state index contributed by atoms with van der Waals surface area (Å²) in [6.07, 6.45) is 7.08. The molecule has 10 heteroatoms. The van der Waals surface area contributed by atoms with Crippen LogP contribution in [0.15, 0.2) is 35.7 Å². The SMILES string of the molecule is CCSc1nc2cc(F)ccc2n1C1CCN(C(=O)C2CCN(Cc3cnc(N)nc3)CC2)CC1. The monoisotopic (exact) mass is 497 g/mol. The van der Waals surface area contributed by atoms with Crippen molar-refractivity contribution >= 4 is 34.7 Å². The molecule has 1 aromatic carbocycles. The number of nitrogen functional groups attached to an aromatic ring is 1. The van der Waals surface area contributed by atoms with Gasteiger partial charge in [0.1, 0.15) is 5.82 Å². The van der Waals surface area contributed by atoms with Crippen LogP contribution in [0.2, 0.25) is 0 Å². The second-order valence-corrected chi connectivity index (χ2v) is 10.6. The van der Waals surface area contributed by atoms with Crippen molar-refractivity contribution in [3.05, 3.63) is 42.0 Å². The van der Waals surface area contributed by atoms with Gasteiger partial charge in [0.2, 0.25) is 11.9 Å². The number of likely N-dealkylation sites (tertiary alicyclic amines) is 2. The van der Waals surface area contributed by atoms with E-state index in [2.05, 4.69) is 31.3 Å². The summed E-state index contributed by atoms with van der Waals surface area (Å²) in [6.45, 7) is 6.19. The van der Waals surface area contributed by atoms with Crippen LogP contribution in [-0.2, 0) is 11.3 Å². The molecule has 0 spiro atoms. The molecule has 1 amide bonds. The Morgan fingerprint density at radius 3 is 2.51 bits per heavy atom. The molecular weight excluding hydrogens is 465 g/mol. The summed E-state index contributed by atoms with van der Waals surface area (Å²) in [5, 5.41) is 0.941. The third-order valence-corrected chi connectivity index (χ3v) is 7.94. The number of hydrogen-bond acceptors (Lipinski definition) is 7. The maximum Gasteiger partial charge on any atom is 0.225 e. The highest BCUT2D eigenvalue weighted by Crippen LogP contribution is 2.34. The maximum atomic E-state index is 13.8. The predicted octanol–water partition coefficient (Wildman–Crippen LogP) is 3.74. The highest BCUT2D eigenvalue weighted by molar-refractivity contribution is 7.99. The Labute approximate surface area is 209 Å². The van der Waals surface area contributed by atoms with Gasteiger partial charge in [0.05, 0.1) is 11.0 Å². The van der Waals surface area contributed by atoms with Gasteiger partial charge in [-0.25, -0.2) is 19.3 Å². The highest BCUT2D eigenvalue weighted by atomic mass is 32.2. The van der Waals surface area contributed by atoms with Gasteiger partial charge in [-0.05, 0) is 56.7 Å². The molecule has 0 atom stereocenters. The van der Waals surface area contributed by atoms with Crippen molar-refractivity contribution in [1.82, 2.24) is 29.3 Å². The lowest BCUT2D eigenvalue weighted by atomic mass is 9.93. The van der Waals surface area contributed by atoms with Crippen LogP contribution in [0.4, 0.5) is 10.3 Å². The molecule has 2 saturated heterocycles. The minimum absolute atomic E-state index is 0.0914. The number of benzene rings is 1. The largest absolute Gasteiger partial charge is 0.368 e. The van der Waals surface area contributed by atoms with Gasteiger partial charge in [0.25, 0.3) is 0 Å². The topological polar surface area (TPSA) is 93.2 Å². The van der Waals surface area contributed by atoms with Crippen molar-refractivity contribution in [1.29, 1.82) is 0 Å². The number of thioether (sulfide) groups is 1. The van der Waals surface area contributed by atoms with Crippen LogP contribution < -0.4 is 5.73 Å². The average Bonchev–Trinajstić information content (AvgIpc) is 3.22. The van der Waals surface area contributed by atoms with Crippen molar-refractivity contribution in [2.75, 3.05) is 37.7 Å². The van der Waals surface area contributed by atoms with Gasteiger partial charge in [-0.1, -0.05) is 18.7 Å². The van der Waals surface area contributed by atoms with Gasteiger partial charge in [0, 0.05) is 55.6 Å². The zero-order valence-corrected chi connectivity index (χ0v) is 20.9. The lowest BCUT2D eigenvalue weighted by Crippen LogP contribution is -2.45. The minimum Gasteiger partial charge on any atom is -0.368 e. The summed E-state index contributed by atoms with van der Waals surface area (Å²) >= 11 is 1.69. The van der Waals surface area contributed by atoms with Gasteiger partial charge < -0.3 is 15.2 Å². The normalized spacial score (nSPS) is 18.4. The van der Waals surface area contributed by atoms with E-state index < -0.39 is 0 Å². The molecule has 2 aliphatic heterocycles. The summed E-state index contributed by atoms with van der Waals surface area (Å²) in [4.78, 5) is 30.5. The third kappa shape index (κ3) is 5.28. The second kappa shape index (κ2) is 10.5. The van der Waals surface area contributed by atoms with Crippen molar-refractivity contribution in [3.8, 4) is 0 Å². The van der Waals surface area contributed by atoms with Crippen LogP contribution in [0.3, 0.4) is 0 Å². The molecule has 35 heavy (non-hydrogen) atoms. The van der Waals surface area contributed by atoms with E-state index >= 15 is 0 Å². The number of imidazole rings is 1. The molecule has 2 fully saturated rings. The fourth-order valence-corrected chi connectivity index (χ4v) is 6.09. The fourth-order valence-electron chi connectivity index (χ4n) is 5.28. The van der Waals surface area contributed by atoms with Crippen molar-refractivity contribution in [2.24, 2.45) is 5.92 Å². The fraction of sp³-hybridized carbons (Fsp3) is 0.520.